The molecule has 9 heteroatoms. The van der Waals surface area contributed by atoms with Crippen molar-refractivity contribution in [3.05, 3.63) is 16.1 Å². The summed E-state index contributed by atoms with van der Waals surface area (Å²) in [5, 5.41) is 6.20. The summed E-state index contributed by atoms with van der Waals surface area (Å²) in [4.78, 5) is 26.8. The molecule has 5 nitrogen and oxygen atoms in total. The quantitative estimate of drug-likeness (QED) is 0.868. The number of rotatable bonds is 5. The number of amides is 2. The molecule has 0 aliphatic heterocycles. The van der Waals surface area contributed by atoms with E-state index in [2.05, 4.69) is 15.6 Å². The van der Waals surface area contributed by atoms with Crippen molar-refractivity contribution in [2.24, 2.45) is 0 Å². The molecule has 0 spiro atoms. The summed E-state index contributed by atoms with van der Waals surface area (Å²) in [5.74, 6) is -0.861. The average Bonchev–Trinajstić information content (AvgIpc) is 2.83. The molecule has 0 saturated carbocycles. The zero-order valence-electron chi connectivity index (χ0n) is 12.7. The fourth-order valence-electron chi connectivity index (χ4n) is 1.75. The summed E-state index contributed by atoms with van der Waals surface area (Å²) in [6.45, 7) is 6.03. The number of nitrogens with zero attached hydrogens (tertiary/aromatic N) is 1. The maximum atomic E-state index is 12.6. The SMILES string of the molecule is CC[C@H](NC(=O)C(C)(C)NC(C)=O)c1nc(C(F)(F)F)cs1. The minimum Gasteiger partial charge on any atom is -0.345 e. The van der Waals surface area contributed by atoms with Gasteiger partial charge in [-0.25, -0.2) is 4.98 Å². The molecule has 1 heterocycles. The maximum Gasteiger partial charge on any atom is 0.434 e. The fourth-order valence-corrected chi connectivity index (χ4v) is 2.71. The number of aromatic nitrogens is 1. The van der Waals surface area contributed by atoms with Gasteiger partial charge in [0.15, 0.2) is 5.69 Å². The monoisotopic (exact) mass is 337 g/mol. The van der Waals surface area contributed by atoms with Gasteiger partial charge in [0.2, 0.25) is 11.8 Å². The third-order valence-corrected chi connectivity index (χ3v) is 3.84. The van der Waals surface area contributed by atoms with Crippen LogP contribution in [0.4, 0.5) is 13.2 Å². The summed E-state index contributed by atoms with van der Waals surface area (Å²) in [6.07, 6.45) is -4.13. The molecule has 1 aromatic heterocycles. The Labute approximate surface area is 130 Å². The highest BCUT2D eigenvalue weighted by Gasteiger charge is 2.35. The highest BCUT2D eigenvalue weighted by atomic mass is 32.1. The van der Waals surface area contributed by atoms with Crippen LogP contribution in [0.1, 0.15) is 50.9 Å². The van der Waals surface area contributed by atoms with Crippen LogP contribution in [0.15, 0.2) is 5.38 Å². The third kappa shape index (κ3) is 4.69. The molecule has 2 amide bonds. The van der Waals surface area contributed by atoms with Gasteiger partial charge in [-0.05, 0) is 20.3 Å². The van der Waals surface area contributed by atoms with E-state index in [0.29, 0.717) is 6.42 Å². The van der Waals surface area contributed by atoms with Crippen molar-refractivity contribution in [2.75, 3.05) is 0 Å². The van der Waals surface area contributed by atoms with E-state index < -0.39 is 29.4 Å². The number of hydrogen-bond donors (Lipinski definition) is 2. The summed E-state index contributed by atoms with van der Waals surface area (Å²) in [5.41, 5.74) is -2.13. The lowest BCUT2D eigenvalue weighted by molar-refractivity contribution is -0.140. The topological polar surface area (TPSA) is 71.1 Å². The first-order chi connectivity index (χ1) is 9.97. The Morgan fingerprint density at radius 3 is 2.36 bits per heavy atom. The molecule has 22 heavy (non-hydrogen) atoms. The highest BCUT2D eigenvalue weighted by molar-refractivity contribution is 7.09. The Morgan fingerprint density at radius 1 is 1.36 bits per heavy atom. The van der Waals surface area contributed by atoms with Gasteiger partial charge in [-0.2, -0.15) is 13.2 Å². The van der Waals surface area contributed by atoms with Crippen LogP contribution in [0.5, 0.6) is 0 Å². The molecule has 1 aromatic rings. The first-order valence-corrected chi connectivity index (χ1v) is 7.47. The van der Waals surface area contributed by atoms with Gasteiger partial charge in [0.25, 0.3) is 0 Å². The Kier molecular flexibility index (Phi) is 5.55. The molecule has 0 aliphatic carbocycles. The molecule has 1 rings (SSSR count). The van der Waals surface area contributed by atoms with Crippen molar-refractivity contribution in [3.63, 3.8) is 0 Å². The molecule has 0 fully saturated rings. The van der Waals surface area contributed by atoms with Crippen LogP contribution in [-0.2, 0) is 15.8 Å². The molecule has 0 aliphatic rings. The standard InChI is InChI=1S/C13H18F3N3O2S/c1-5-8(10-18-9(6-22-10)13(14,15)16)17-11(21)12(3,4)19-7(2)20/h6,8H,5H2,1-4H3,(H,17,21)(H,19,20)/t8-/m0/s1. The number of hydrogen-bond acceptors (Lipinski definition) is 4. The van der Waals surface area contributed by atoms with Crippen LogP contribution in [0.25, 0.3) is 0 Å². The molecule has 0 bridgehead atoms. The first-order valence-electron chi connectivity index (χ1n) is 6.59. The molecule has 124 valence electrons. The van der Waals surface area contributed by atoms with E-state index in [1.54, 1.807) is 6.92 Å². The van der Waals surface area contributed by atoms with Crippen molar-refractivity contribution < 1.29 is 22.8 Å². The van der Waals surface area contributed by atoms with E-state index in [1.807, 2.05) is 0 Å². The van der Waals surface area contributed by atoms with Gasteiger partial charge in [-0.1, -0.05) is 6.92 Å². The van der Waals surface area contributed by atoms with E-state index in [9.17, 15) is 22.8 Å². The molecule has 0 aromatic carbocycles. The normalized spacial score (nSPS) is 13.6. The van der Waals surface area contributed by atoms with Crippen LogP contribution < -0.4 is 10.6 Å². The minimum atomic E-state index is -4.51. The molecule has 2 N–H and O–H groups in total. The molecule has 0 unspecified atom stereocenters. The van der Waals surface area contributed by atoms with Gasteiger partial charge in [0.1, 0.15) is 10.5 Å². The van der Waals surface area contributed by atoms with Gasteiger partial charge in [-0.3, -0.25) is 9.59 Å². The summed E-state index contributed by atoms with van der Waals surface area (Å²) in [7, 11) is 0. The second-order valence-electron chi connectivity index (χ2n) is 5.31. The van der Waals surface area contributed by atoms with Gasteiger partial charge >= 0.3 is 6.18 Å². The number of thiazole rings is 1. The average molecular weight is 337 g/mol. The maximum absolute atomic E-state index is 12.6. The highest BCUT2D eigenvalue weighted by Crippen LogP contribution is 2.32. The predicted octanol–water partition coefficient (Wildman–Crippen LogP) is 2.64. The molecule has 0 saturated heterocycles. The van der Waals surface area contributed by atoms with Crippen LogP contribution in [0, 0.1) is 0 Å². The zero-order chi connectivity index (χ0) is 17.1. The summed E-state index contributed by atoms with van der Waals surface area (Å²) < 4.78 is 37.7. The lowest BCUT2D eigenvalue weighted by Crippen LogP contribution is -2.54. The van der Waals surface area contributed by atoms with Gasteiger partial charge in [0.05, 0.1) is 6.04 Å². The van der Waals surface area contributed by atoms with Crippen molar-refractivity contribution in [1.29, 1.82) is 0 Å². The van der Waals surface area contributed by atoms with Crippen molar-refractivity contribution in [2.45, 2.75) is 51.9 Å². The van der Waals surface area contributed by atoms with Gasteiger partial charge in [-0.15, -0.1) is 11.3 Å². The number of carbonyl (C=O) groups is 2. The molecular formula is C13H18F3N3O2S. The Hall–Kier alpha value is -1.64. The van der Waals surface area contributed by atoms with E-state index in [4.69, 9.17) is 0 Å². The fraction of sp³-hybridized carbons (Fsp3) is 0.615. The lowest BCUT2D eigenvalue weighted by atomic mass is 10.0. The number of carbonyl (C=O) groups excluding carboxylic acids is 2. The van der Waals surface area contributed by atoms with Gasteiger partial charge in [0, 0.05) is 12.3 Å². The van der Waals surface area contributed by atoms with Crippen LogP contribution in [0.3, 0.4) is 0 Å². The van der Waals surface area contributed by atoms with Gasteiger partial charge < -0.3 is 10.6 Å². The van der Waals surface area contributed by atoms with Crippen LogP contribution >= 0.6 is 11.3 Å². The smallest absolute Gasteiger partial charge is 0.345 e. The number of alkyl halides is 3. The van der Waals surface area contributed by atoms with Crippen molar-refractivity contribution in [3.8, 4) is 0 Å². The Balaban J connectivity index is 2.87. The second kappa shape index (κ2) is 6.64. The largest absolute Gasteiger partial charge is 0.434 e. The molecule has 1 atom stereocenters. The summed E-state index contributed by atoms with van der Waals surface area (Å²) in [6, 6.07) is -0.637. The third-order valence-electron chi connectivity index (χ3n) is 2.88. The summed E-state index contributed by atoms with van der Waals surface area (Å²) >= 11 is 0.842. The number of nitrogens with one attached hydrogen (secondary N) is 2. The van der Waals surface area contributed by atoms with E-state index in [1.165, 1.54) is 20.8 Å². The van der Waals surface area contributed by atoms with E-state index in [0.717, 1.165) is 16.7 Å². The second-order valence-corrected chi connectivity index (χ2v) is 6.20. The van der Waals surface area contributed by atoms with E-state index >= 15 is 0 Å². The Bertz CT molecular complexity index is 555. The number of halogens is 3. The zero-order valence-corrected chi connectivity index (χ0v) is 13.5. The minimum absolute atomic E-state index is 0.182. The predicted molar refractivity (Wildman–Crippen MR) is 76.2 cm³/mol. The first kappa shape index (κ1) is 18.4. The molecular weight excluding hydrogens is 319 g/mol. The Morgan fingerprint density at radius 2 is 1.95 bits per heavy atom. The van der Waals surface area contributed by atoms with Crippen molar-refractivity contribution in [1.82, 2.24) is 15.6 Å². The van der Waals surface area contributed by atoms with Crippen LogP contribution in [0.2, 0.25) is 0 Å². The van der Waals surface area contributed by atoms with E-state index in [-0.39, 0.29) is 10.9 Å². The molecule has 0 radical (unpaired) electrons. The lowest BCUT2D eigenvalue weighted by Gasteiger charge is -2.26. The van der Waals surface area contributed by atoms with Crippen molar-refractivity contribution >= 4 is 23.2 Å². The van der Waals surface area contributed by atoms with Crippen LogP contribution in [-0.4, -0.2) is 22.3 Å².